The van der Waals surface area contributed by atoms with Crippen LogP contribution < -0.4 is 11.1 Å². The van der Waals surface area contributed by atoms with Crippen LogP contribution in [0.1, 0.15) is 13.8 Å². The van der Waals surface area contributed by atoms with Gasteiger partial charge in [0.2, 0.25) is 5.91 Å². The summed E-state index contributed by atoms with van der Waals surface area (Å²) in [5, 5.41) is 1.95. The maximum absolute atomic E-state index is 11.8. The normalized spacial score (nSPS) is 23.1. The zero-order valence-electron chi connectivity index (χ0n) is 10.9. The van der Waals surface area contributed by atoms with E-state index in [1.165, 1.54) is 13.8 Å². The molecule has 3 N–H and O–H groups in total. The maximum atomic E-state index is 11.8. The lowest BCUT2D eigenvalue weighted by atomic mass is 9.93. The molecular weight excluding hydrogens is 288 g/mol. The number of amides is 1. The van der Waals surface area contributed by atoms with Crippen LogP contribution in [0.3, 0.4) is 0 Å². The third kappa shape index (κ3) is 3.87. The number of thioether (sulfide) groups is 1. The lowest BCUT2D eigenvalue weighted by molar-refractivity contribution is -0.154. The minimum absolute atomic E-state index is 0.216. The highest BCUT2D eigenvalue weighted by atomic mass is 32.2. The molecule has 20 heavy (non-hydrogen) atoms. The standard InChI is InChI=1S/C11H14N2O6S/c1-4(12)9(16)7-8(11(18)19-10(7)17)13-6(15)3-20-5(2)14/h4,7-8H,3,12H2,1-2H3,(H,13,15)/t4-,7?,8-/m0/s1. The third-order valence-electron chi connectivity index (χ3n) is 2.52. The van der Waals surface area contributed by atoms with Crippen LogP contribution >= 0.6 is 11.8 Å². The minimum Gasteiger partial charge on any atom is -0.391 e. The van der Waals surface area contributed by atoms with E-state index in [1.54, 1.807) is 0 Å². The summed E-state index contributed by atoms with van der Waals surface area (Å²) in [6.07, 6.45) is 0. The molecule has 0 aromatic rings. The van der Waals surface area contributed by atoms with Crippen molar-refractivity contribution in [3.63, 3.8) is 0 Å². The zero-order valence-corrected chi connectivity index (χ0v) is 11.7. The fourth-order valence-electron chi connectivity index (χ4n) is 1.59. The highest BCUT2D eigenvalue weighted by Gasteiger charge is 2.50. The molecule has 1 aliphatic rings. The van der Waals surface area contributed by atoms with E-state index in [4.69, 9.17) is 5.73 Å². The summed E-state index contributed by atoms with van der Waals surface area (Å²) in [6.45, 7) is 2.65. The second-order valence-corrected chi connectivity index (χ2v) is 5.39. The molecule has 1 saturated heterocycles. The van der Waals surface area contributed by atoms with Gasteiger partial charge in [-0.1, -0.05) is 11.8 Å². The zero-order chi connectivity index (χ0) is 15.4. The Balaban J connectivity index is 2.77. The van der Waals surface area contributed by atoms with E-state index in [-0.39, 0.29) is 10.9 Å². The monoisotopic (exact) mass is 302 g/mol. The number of carbonyl (C=O) groups excluding carboxylic acids is 5. The van der Waals surface area contributed by atoms with Crippen LogP contribution in [0.25, 0.3) is 0 Å². The molecular formula is C11H14N2O6S. The van der Waals surface area contributed by atoms with Gasteiger partial charge in [0.05, 0.1) is 11.8 Å². The molecule has 0 radical (unpaired) electrons. The second kappa shape index (κ2) is 6.62. The molecule has 0 aliphatic carbocycles. The first-order valence-electron chi connectivity index (χ1n) is 5.71. The lowest BCUT2D eigenvalue weighted by Gasteiger charge is -2.15. The summed E-state index contributed by atoms with van der Waals surface area (Å²) in [5.41, 5.74) is 5.38. The van der Waals surface area contributed by atoms with Gasteiger partial charge in [-0.3, -0.25) is 19.2 Å². The molecule has 8 nitrogen and oxygen atoms in total. The summed E-state index contributed by atoms with van der Waals surface area (Å²) < 4.78 is 4.34. The molecule has 1 heterocycles. The Morgan fingerprint density at radius 3 is 2.45 bits per heavy atom. The van der Waals surface area contributed by atoms with Gasteiger partial charge in [0.15, 0.2) is 10.9 Å². The van der Waals surface area contributed by atoms with Crippen LogP contribution in [0.5, 0.6) is 0 Å². The number of ketones is 1. The topological polar surface area (TPSA) is 133 Å². The first-order chi connectivity index (χ1) is 9.23. The minimum atomic E-state index is -1.44. The Bertz CT molecular complexity index is 476. The first-order valence-corrected chi connectivity index (χ1v) is 6.70. The average Bonchev–Trinajstić information content (AvgIpc) is 2.60. The molecule has 9 heteroatoms. The molecule has 0 aromatic carbocycles. The van der Waals surface area contributed by atoms with Crippen molar-refractivity contribution in [3.05, 3.63) is 0 Å². The van der Waals surface area contributed by atoms with Crippen LogP contribution in [-0.2, 0) is 28.7 Å². The van der Waals surface area contributed by atoms with Crippen molar-refractivity contribution in [2.45, 2.75) is 25.9 Å². The van der Waals surface area contributed by atoms with Gasteiger partial charge in [-0.05, 0) is 6.92 Å². The number of hydrogen-bond acceptors (Lipinski definition) is 8. The molecule has 1 rings (SSSR count). The van der Waals surface area contributed by atoms with E-state index in [9.17, 15) is 24.0 Å². The fraction of sp³-hybridized carbons (Fsp3) is 0.545. The quantitative estimate of drug-likeness (QED) is 0.457. The number of nitrogens with two attached hydrogens (primary N) is 1. The molecule has 1 unspecified atom stereocenters. The molecule has 110 valence electrons. The molecule has 0 aromatic heterocycles. The Hall–Kier alpha value is -1.74. The molecule has 0 saturated carbocycles. The molecule has 3 atom stereocenters. The average molecular weight is 302 g/mol. The van der Waals surface area contributed by atoms with Gasteiger partial charge >= 0.3 is 11.9 Å². The maximum Gasteiger partial charge on any atom is 0.337 e. The van der Waals surface area contributed by atoms with Crippen molar-refractivity contribution in [3.8, 4) is 0 Å². The van der Waals surface area contributed by atoms with Gasteiger partial charge in [-0.15, -0.1) is 0 Å². The number of nitrogens with one attached hydrogen (secondary N) is 1. The van der Waals surface area contributed by atoms with Crippen LogP contribution in [0.2, 0.25) is 0 Å². The van der Waals surface area contributed by atoms with Crippen LogP contribution in [0, 0.1) is 5.92 Å². The predicted octanol–water partition coefficient (Wildman–Crippen LogP) is -1.63. The van der Waals surface area contributed by atoms with E-state index in [1.807, 2.05) is 0 Å². The summed E-state index contributed by atoms with van der Waals surface area (Å²) >= 11 is 0.743. The molecule has 1 fully saturated rings. The SMILES string of the molecule is CC(=O)SCC(=O)N[C@@H]1C(=O)OC(=O)C1C(=O)[C@H](C)N. The number of hydrogen-bond donors (Lipinski definition) is 2. The summed E-state index contributed by atoms with van der Waals surface area (Å²) in [7, 11) is 0. The number of esters is 2. The van der Waals surface area contributed by atoms with Crippen molar-refractivity contribution < 1.29 is 28.7 Å². The van der Waals surface area contributed by atoms with E-state index in [0.29, 0.717) is 0 Å². The van der Waals surface area contributed by atoms with Gasteiger partial charge in [0.25, 0.3) is 0 Å². The number of ether oxygens (including phenoxy) is 1. The number of Topliss-reactive ketones (excluding diaryl/α,β-unsaturated/α-hetero) is 1. The summed E-state index contributed by atoms with van der Waals surface area (Å²) in [5.74, 6) is -5.02. The fourth-order valence-corrected chi connectivity index (χ4v) is 2.00. The van der Waals surface area contributed by atoms with Crippen LogP contribution in [-0.4, -0.2) is 46.6 Å². The lowest BCUT2D eigenvalue weighted by Crippen LogP contribution is -2.49. The van der Waals surface area contributed by atoms with Crippen molar-refractivity contribution in [2.75, 3.05) is 5.75 Å². The van der Waals surface area contributed by atoms with Crippen LogP contribution in [0.4, 0.5) is 0 Å². The number of cyclic esters (lactones) is 2. The molecule has 0 bridgehead atoms. The van der Waals surface area contributed by atoms with Gasteiger partial charge < -0.3 is 15.8 Å². The van der Waals surface area contributed by atoms with Gasteiger partial charge in [-0.25, -0.2) is 4.79 Å². The van der Waals surface area contributed by atoms with Crippen molar-refractivity contribution in [2.24, 2.45) is 11.7 Å². The van der Waals surface area contributed by atoms with E-state index >= 15 is 0 Å². The number of rotatable bonds is 5. The van der Waals surface area contributed by atoms with E-state index < -0.39 is 41.6 Å². The van der Waals surface area contributed by atoms with Crippen molar-refractivity contribution in [1.82, 2.24) is 5.32 Å². The van der Waals surface area contributed by atoms with E-state index in [0.717, 1.165) is 11.8 Å². The van der Waals surface area contributed by atoms with Crippen molar-refractivity contribution in [1.29, 1.82) is 0 Å². The largest absolute Gasteiger partial charge is 0.391 e. The van der Waals surface area contributed by atoms with Crippen LogP contribution in [0.15, 0.2) is 0 Å². The highest BCUT2D eigenvalue weighted by Crippen LogP contribution is 2.19. The number of carbonyl (C=O) groups is 5. The Kier molecular flexibility index (Phi) is 5.40. The molecule has 1 aliphatic heterocycles. The van der Waals surface area contributed by atoms with Gasteiger partial charge in [0, 0.05) is 6.92 Å². The molecule has 1 amide bonds. The first kappa shape index (κ1) is 16.3. The summed E-state index contributed by atoms with van der Waals surface area (Å²) in [4.78, 5) is 57.0. The molecule has 0 spiro atoms. The van der Waals surface area contributed by atoms with Gasteiger partial charge in [0.1, 0.15) is 12.0 Å². The predicted molar refractivity (Wildman–Crippen MR) is 68.3 cm³/mol. The smallest absolute Gasteiger partial charge is 0.337 e. The second-order valence-electron chi connectivity index (χ2n) is 4.23. The summed E-state index contributed by atoms with van der Waals surface area (Å²) in [6, 6.07) is -2.36. The third-order valence-corrected chi connectivity index (χ3v) is 3.33. The Labute approximate surface area is 118 Å². The Morgan fingerprint density at radius 1 is 1.35 bits per heavy atom. The Morgan fingerprint density at radius 2 is 1.95 bits per heavy atom. The van der Waals surface area contributed by atoms with Crippen molar-refractivity contribution >= 4 is 40.5 Å². The highest BCUT2D eigenvalue weighted by molar-refractivity contribution is 8.14. The van der Waals surface area contributed by atoms with E-state index in [2.05, 4.69) is 10.1 Å². The van der Waals surface area contributed by atoms with Gasteiger partial charge in [-0.2, -0.15) is 0 Å².